The first-order valence-electron chi connectivity index (χ1n) is 6.11. The van der Waals surface area contributed by atoms with Crippen LogP contribution >= 0.6 is 0 Å². The first-order chi connectivity index (χ1) is 8.81. The van der Waals surface area contributed by atoms with E-state index >= 15 is 0 Å². The summed E-state index contributed by atoms with van der Waals surface area (Å²) < 4.78 is 13.3. The molecule has 1 amide bonds. The SMILES string of the molecule is Cc1cc(F)cc(C(=O)N(CCC(=O)O)C(C)C)c1. The summed E-state index contributed by atoms with van der Waals surface area (Å²) in [7, 11) is 0. The molecular weight excluding hydrogens is 249 g/mol. The Morgan fingerprint density at radius 2 is 1.95 bits per heavy atom. The molecule has 0 spiro atoms. The van der Waals surface area contributed by atoms with E-state index in [4.69, 9.17) is 5.11 Å². The lowest BCUT2D eigenvalue weighted by molar-refractivity contribution is -0.137. The lowest BCUT2D eigenvalue weighted by Crippen LogP contribution is -2.38. The molecule has 1 rings (SSSR count). The highest BCUT2D eigenvalue weighted by Crippen LogP contribution is 2.13. The summed E-state index contributed by atoms with van der Waals surface area (Å²) in [6.45, 7) is 5.41. The number of carbonyl (C=O) groups is 2. The van der Waals surface area contributed by atoms with Gasteiger partial charge in [-0.2, -0.15) is 0 Å². The summed E-state index contributed by atoms with van der Waals surface area (Å²) in [6, 6.07) is 3.97. The molecule has 0 aliphatic rings. The summed E-state index contributed by atoms with van der Waals surface area (Å²) >= 11 is 0. The molecule has 0 heterocycles. The Labute approximate surface area is 111 Å². The van der Waals surface area contributed by atoms with Crippen molar-refractivity contribution in [3.63, 3.8) is 0 Å². The van der Waals surface area contributed by atoms with E-state index in [0.29, 0.717) is 5.56 Å². The predicted molar refractivity (Wildman–Crippen MR) is 69.6 cm³/mol. The van der Waals surface area contributed by atoms with Gasteiger partial charge in [0.15, 0.2) is 0 Å². The Bertz CT molecular complexity index is 465. The minimum atomic E-state index is -0.964. The summed E-state index contributed by atoms with van der Waals surface area (Å²) in [5.74, 6) is -1.78. The summed E-state index contributed by atoms with van der Waals surface area (Å²) in [5.41, 5.74) is 0.905. The maximum atomic E-state index is 13.3. The topological polar surface area (TPSA) is 57.6 Å². The molecule has 5 heteroatoms. The first kappa shape index (κ1) is 15.1. The zero-order chi connectivity index (χ0) is 14.6. The second-order valence-electron chi connectivity index (χ2n) is 4.75. The average Bonchev–Trinajstić information content (AvgIpc) is 2.26. The van der Waals surface area contributed by atoms with Gasteiger partial charge in [-0.15, -0.1) is 0 Å². The number of carbonyl (C=O) groups excluding carboxylic acids is 1. The van der Waals surface area contributed by atoms with E-state index in [2.05, 4.69) is 0 Å². The van der Waals surface area contributed by atoms with E-state index in [1.165, 1.54) is 17.0 Å². The van der Waals surface area contributed by atoms with E-state index in [1.54, 1.807) is 26.8 Å². The van der Waals surface area contributed by atoms with E-state index in [0.717, 1.165) is 0 Å². The number of carboxylic acid groups (broad SMARTS) is 1. The number of aryl methyl sites for hydroxylation is 1. The second kappa shape index (κ2) is 6.31. The van der Waals surface area contributed by atoms with E-state index in [9.17, 15) is 14.0 Å². The van der Waals surface area contributed by atoms with Crippen molar-refractivity contribution in [3.05, 3.63) is 35.1 Å². The molecule has 1 N–H and O–H groups in total. The quantitative estimate of drug-likeness (QED) is 0.891. The molecule has 0 bridgehead atoms. The molecule has 0 saturated carbocycles. The Morgan fingerprint density at radius 3 is 2.42 bits per heavy atom. The molecule has 0 saturated heterocycles. The lowest BCUT2D eigenvalue weighted by atomic mass is 10.1. The number of hydrogen-bond donors (Lipinski definition) is 1. The maximum Gasteiger partial charge on any atom is 0.305 e. The lowest BCUT2D eigenvalue weighted by Gasteiger charge is -2.26. The second-order valence-corrected chi connectivity index (χ2v) is 4.75. The van der Waals surface area contributed by atoms with Crippen LogP contribution in [0.15, 0.2) is 18.2 Å². The van der Waals surface area contributed by atoms with Gasteiger partial charge >= 0.3 is 5.97 Å². The van der Waals surface area contributed by atoms with Crippen LogP contribution < -0.4 is 0 Å². The number of rotatable bonds is 5. The molecular formula is C14H18FNO3. The molecule has 0 unspecified atom stereocenters. The van der Waals surface area contributed by atoms with Crippen molar-refractivity contribution in [2.75, 3.05) is 6.54 Å². The van der Waals surface area contributed by atoms with Crippen LogP contribution in [0.25, 0.3) is 0 Å². The molecule has 4 nitrogen and oxygen atoms in total. The van der Waals surface area contributed by atoms with Crippen molar-refractivity contribution in [2.45, 2.75) is 33.2 Å². The van der Waals surface area contributed by atoms with Crippen molar-refractivity contribution in [1.82, 2.24) is 4.90 Å². The average molecular weight is 267 g/mol. The molecule has 0 fully saturated rings. The molecule has 19 heavy (non-hydrogen) atoms. The van der Waals surface area contributed by atoms with Gasteiger partial charge in [-0.05, 0) is 44.5 Å². The van der Waals surface area contributed by atoms with Crippen molar-refractivity contribution >= 4 is 11.9 Å². The van der Waals surface area contributed by atoms with Gasteiger partial charge < -0.3 is 10.0 Å². The van der Waals surface area contributed by atoms with Crippen LogP contribution in [0, 0.1) is 12.7 Å². The number of nitrogens with zero attached hydrogens (tertiary/aromatic N) is 1. The highest BCUT2D eigenvalue weighted by molar-refractivity contribution is 5.94. The molecule has 1 aromatic carbocycles. The van der Waals surface area contributed by atoms with Crippen LogP contribution in [-0.2, 0) is 4.79 Å². The van der Waals surface area contributed by atoms with Crippen LogP contribution in [0.1, 0.15) is 36.2 Å². The number of hydrogen-bond acceptors (Lipinski definition) is 2. The van der Waals surface area contributed by atoms with Gasteiger partial charge in [0.2, 0.25) is 0 Å². The number of carboxylic acids is 1. The smallest absolute Gasteiger partial charge is 0.305 e. The standard InChI is InChI=1S/C14H18FNO3/c1-9(2)16(5-4-13(17)18)14(19)11-6-10(3)7-12(15)8-11/h6-9H,4-5H2,1-3H3,(H,17,18). The molecule has 104 valence electrons. The van der Waals surface area contributed by atoms with Crippen molar-refractivity contribution in [1.29, 1.82) is 0 Å². The van der Waals surface area contributed by atoms with Crippen LogP contribution in [0.2, 0.25) is 0 Å². The van der Waals surface area contributed by atoms with Gasteiger partial charge in [0.1, 0.15) is 5.82 Å². The van der Waals surface area contributed by atoms with Crippen LogP contribution in [-0.4, -0.2) is 34.5 Å². The fraction of sp³-hybridized carbons (Fsp3) is 0.429. The molecule has 1 aromatic rings. The highest BCUT2D eigenvalue weighted by Gasteiger charge is 2.20. The monoisotopic (exact) mass is 267 g/mol. The summed E-state index contributed by atoms with van der Waals surface area (Å²) in [4.78, 5) is 24.3. The third-order valence-electron chi connectivity index (χ3n) is 2.74. The maximum absolute atomic E-state index is 13.3. The summed E-state index contributed by atoms with van der Waals surface area (Å²) in [6.07, 6.45) is -0.127. The fourth-order valence-corrected chi connectivity index (χ4v) is 1.84. The van der Waals surface area contributed by atoms with Crippen molar-refractivity contribution in [3.8, 4) is 0 Å². The van der Waals surface area contributed by atoms with Crippen molar-refractivity contribution < 1.29 is 19.1 Å². The fourth-order valence-electron chi connectivity index (χ4n) is 1.84. The summed E-state index contributed by atoms with van der Waals surface area (Å²) in [5, 5.41) is 8.69. The van der Waals surface area contributed by atoms with Gasteiger partial charge in [-0.25, -0.2) is 4.39 Å². The Balaban J connectivity index is 2.95. The highest BCUT2D eigenvalue weighted by atomic mass is 19.1. The number of aliphatic carboxylic acids is 1. The number of amides is 1. The van der Waals surface area contributed by atoms with Gasteiger partial charge in [-0.3, -0.25) is 9.59 Å². The predicted octanol–water partition coefficient (Wildman–Crippen LogP) is 2.46. The van der Waals surface area contributed by atoms with E-state index in [1.807, 2.05) is 0 Å². The minimum Gasteiger partial charge on any atom is -0.481 e. The molecule has 0 aliphatic heterocycles. The van der Waals surface area contributed by atoms with Crippen LogP contribution in [0.3, 0.4) is 0 Å². The largest absolute Gasteiger partial charge is 0.481 e. The van der Waals surface area contributed by atoms with Gasteiger partial charge in [0.05, 0.1) is 6.42 Å². The van der Waals surface area contributed by atoms with Crippen LogP contribution in [0.4, 0.5) is 4.39 Å². The Morgan fingerprint density at radius 1 is 1.32 bits per heavy atom. The Kier molecular flexibility index (Phi) is 5.03. The third kappa shape index (κ3) is 4.35. The minimum absolute atomic E-state index is 0.112. The normalized spacial score (nSPS) is 10.6. The molecule has 0 aliphatic carbocycles. The van der Waals surface area contributed by atoms with Crippen molar-refractivity contribution in [2.24, 2.45) is 0 Å². The number of halogens is 1. The molecule has 0 aromatic heterocycles. The van der Waals surface area contributed by atoms with E-state index < -0.39 is 11.8 Å². The third-order valence-corrected chi connectivity index (χ3v) is 2.74. The first-order valence-corrected chi connectivity index (χ1v) is 6.11. The molecule has 0 atom stereocenters. The van der Waals surface area contributed by atoms with E-state index in [-0.39, 0.29) is 30.5 Å². The zero-order valence-electron chi connectivity index (χ0n) is 11.3. The van der Waals surface area contributed by atoms with Gasteiger partial charge in [-0.1, -0.05) is 0 Å². The van der Waals surface area contributed by atoms with Gasteiger partial charge in [0, 0.05) is 18.2 Å². The Hall–Kier alpha value is -1.91. The van der Waals surface area contributed by atoms with Gasteiger partial charge in [0.25, 0.3) is 5.91 Å². The molecule has 0 radical (unpaired) electrons. The number of benzene rings is 1. The van der Waals surface area contributed by atoms with Crippen LogP contribution in [0.5, 0.6) is 0 Å². The zero-order valence-corrected chi connectivity index (χ0v) is 11.3.